The zero-order valence-corrected chi connectivity index (χ0v) is 7.21. The van der Waals surface area contributed by atoms with Gasteiger partial charge in [-0.1, -0.05) is 15.9 Å². The molecule has 1 aromatic rings. The van der Waals surface area contributed by atoms with Gasteiger partial charge in [0.2, 0.25) is 0 Å². The van der Waals surface area contributed by atoms with Crippen LogP contribution in [0.3, 0.4) is 0 Å². The molecular formula is C7H6BrNO2. The quantitative estimate of drug-likeness (QED) is 0.765. The minimum Gasteiger partial charge on any atom is -0.478 e. The van der Waals surface area contributed by atoms with E-state index in [-0.39, 0.29) is 5.56 Å². The van der Waals surface area contributed by atoms with E-state index in [0.29, 0.717) is 5.33 Å². The maximum atomic E-state index is 10.4. The second kappa shape index (κ2) is 3.48. The van der Waals surface area contributed by atoms with Gasteiger partial charge in [0, 0.05) is 17.7 Å². The Kier molecular flexibility index (Phi) is 2.59. The van der Waals surface area contributed by atoms with Crippen LogP contribution in [0.25, 0.3) is 0 Å². The van der Waals surface area contributed by atoms with Crippen LogP contribution >= 0.6 is 15.9 Å². The molecule has 0 saturated carbocycles. The molecular weight excluding hydrogens is 210 g/mol. The van der Waals surface area contributed by atoms with Gasteiger partial charge in [0.15, 0.2) is 0 Å². The molecule has 0 aliphatic carbocycles. The standard InChI is InChI=1S/C7H6BrNO2/c8-2-5-1-6(7(10)11)4-9-3-5/h1,3-4H,2H2,(H,10,11). The molecule has 0 spiro atoms. The van der Waals surface area contributed by atoms with E-state index in [2.05, 4.69) is 20.9 Å². The van der Waals surface area contributed by atoms with Crippen LogP contribution in [0.15, 0.2) is 18.5 Å². The second-order valence-electron chi connectivity index (χ2n) is 2.02. The van der Waals surface area contributed by atoms with Gasteiger partial charge in [-0.25, -0.2) is 4.79 Å². The van der Waals surface area contributed by atoms with Crippen LogP contribution in [-0.2, 0) is 5.33 Å². The normalized spacial score (nSPS) is 9.55. The van der Waals surface area contributed by atoms with Crippen molar-refractivity contribution in [3.8, 4) is 0 Å². The van der Waals surface area contributed by atoms with Gasteiger partial charge in [-0.05, 0) is 11.6 Å². The lowest BCUT2D eigenvalue weighted by Crippen LogP contribution is -1.97. The Balaban J connectivity index is 3.01. The van der Waals surface area contributed by atoms with Crippen molar-refractivity contribution in [2.24, 2.45) is 0 Å². The molecule has 0 atom stereocenters. The molecule has 0 amide bonds. The number of carboxylic acids is 1. The summed E-state index contributed by atoms with van der Waals surface area (Å²) in [5, 5.41) is 9.18. The van der Waals surface area contributed by atoms with Crippen molar-refractivity contribution in [3.05, 3.63) is 29.6 Å². The molecule has 11 heavy (non-hydrogen) atoms. The number of hydrogen-bond acceptors (Lipinski definition) is 2. The maximum absolute atomic E-state index is 10.4. The maximum Gasteiger partial charge on any atom is 0.337 e. The van der Waals surface area contributed by atoms with E-state index in [1.165, 1.54) is 6.20 Å². The molecule has 0 aliphatic rings. The summed E-state index contributed by atoms with van der Waals surface area (Å²) in [6, 6.07) is 1.59. The van der Waals surface area contributed by atoms with Crippen molar-refractivity contribution in [2.75, 3.05) is 0 Å². The first-order valence-corrected chi connectivity index (χ1v) is 4.09. The van der Waals surface area contributed by atoms with Crippen LogP contribution in [-0.4, -0.2) is 16.1 Å². The lowest BCUT2D eigenvalue weighted by molar-refractivity contribution is 0.0696. The van der Waals surface area contributed by atoms with Gasteiger partial charge in [0.1, 0.15) is 0 Å². The summed E-state index contributed by atoms with van der Waals surface area (Å²) in [5.74, 6) is -0.944. The van der Waals surface area contributed by atoms with Gasteiger partial charge in [-0.2, -0.15) is 0 Å². The fourth-order valence-electron chi connectivity index (χ4n) is 0.678. The highest BCUT2D eigenvalue weighted by molar-refractivity contribution is 9.08. The number of halogens is 1. The molecule has 0 bridgehead atoms. The van der Waals surface area contributed by atoms with E-state index >= 15 is 0 Å². The summed E-state index contributed by atoms with van der Waals surface area (Å²) in [5.41, 5.74) is 1.09. The number of carbonyl (C=O) groups is 1. The minimum absolute atomic E-state index is 0.224. The van der Waals surface area contributed by atoms with Gasteiger partial charge in [0.05, 0.1) is 5.56 Å². The largest absolute Gasteiger partial charge is 0.478 e. The van der Waals surface area contributed by atoms with Gasteiger partial charge in [-0.3, -0.25) is 4.98 Å². The molecule has 58 valence electrons. The van der Waals surface area contributed by atoms with Gasteiger partial charge in [0.25, 0.3) is 0 Å². The number of rotatable bonds is 2. The van der Waals surface area contributed by atoms with Crippen molar-refractivity contribution >= 4 is 21.9 Å². The summed E-state index contributed by atoms with van der Waals surface area (Å²) in [6.45, 7) is 0. The number of hydrogen-bond donors (Lipinski definition) is 1. The van der Waals surface area contributed by atoms with Crippen molar-refractivity contribution in [1.82, 2.24) is 4.98 Å². The van der Waals surface area contributed by atoms with Crippen LogP contribution in [0.4, 0.5) is 0 Å². The molecule has 1 rings (SSSR count). The molecule has 3 nitrogen and oxygen atoms in total. The Morgan fingerprint density at radius 1 is 1.64 bits per heavy atom. The van der Waals surface area contributed by atoms with E-state index in [4.69, 9.17) is 5.11 Å². The number of pyridine rings is 1. The molecule has 1 N–H and O–H groups in total. The minimum atomic E-state index is -0.944. The summed E-state index contributed by atoms with van der Waals surface area (Å²) >= 11 is 3.21. The highest BCUT2D eigenvalue weighted by Crippen LogP contribution is 2.06. The summed E-state index contributed by atoms with van der Waals surface area (Å²) in [4.78, 5) is 14.2. The second-order valence-corrected chi connectivity index (χ2v) is 2.58. The lowest BCUT2D eigenvalue weighted by atomic mass is 10.2. The average Bonchev–Trinajstić information content (AvgIpc) is 2.05. The van der Waals surface area contributed by atoms with E-state index in [9.17, 15) is 4.79 Å². The van der Waals surface area contributed by atoms with Gasteiger partial charge >= 0.3 is 5.97 Å². The summed E-state index contributed by atoms with van der Waals surface area (Å²) in [7, 11) is 0. The predicted octanol–water partition coefficient (Wildman–Crippen LogP) is 1.67. The third kappa shape index (κ3) is 2.01. The smallest absolute Gasteiger partial charge is 0.337 e. The zero-order valence-electron chi connectivity index (χ0n) is 5.62. The Labute approximate surface area is 72.2 Å². The molecule has 0 fully saturated rings. The van der Waals surface area contributed by atoms with Crippen LogP contribution in [0.5, 0.6) is 0 Å². The molecule has 0 aliphatic heterocycles. The monoisotopic (exact) mass is 215 g/mol. The van der Waals surface area contributed by atoms with Crippen molar-refractivity contribution in [3.63, 3.8) is 0 Å². The van der Waals surface area contributed by atoms with E-state index in [0.717, 1.165) is 5.56 Å². The highest BCUT2D eigenvalue weighted by atomic mass is 79.9. The van der Waals surface area contributed by atoms with E-state index in [1.54, 1.807) is 12.3 Å². The first-order chi connectivity index (χ1) is 5.24. The first kappa shape index (κ1) is 8.20. The Morgan fingerprint density at radius 2 is 2.36 bits per heavy atom. The summed E-state index contributed by atoms with van der Waals surface area (Å²) in [6.07, 6.45) is 2.95. The molecule has 1 aromatic heterocycles. The molecule has 1 heterocycles. The third-order valence-electron chi connectivity index (χ3n) is 1.20. The predicted molar refractivity (Wildman–Crippen MR) is 43.8 cm³/mol. The van der Waals surface area contributed by atoms with Crippen LogP contribution < -0.4 is 0 Å². The third-order valence-corrected chi connectivity index (χ3v) is 1.84. The fourth-order valence-corrected chi connectivity index (χ4v) is 0.984. The number of aromatic carboxylic acids is 1. The topological polar surface area (TPSA) is 50.2 Å². The molecule has 4 heteroatoms. The summed E-state index contributed by atoms with van der Waals surface area (Å²) < 4.78 is 0. The average molecular weight is 216 g/mol. The SMILES string of the molecule is O=C(O)c1cncc(CBr)c1. The number of aromatic nitrogens is 1. The first-order valence-electron chi connectivity index (χ1n) is 2.97. The van der Waals surface area contributed by atoms with Crippen molar-refractivity contribution < 1.29 is 9.90 Å². The number of carboxylic acid groups (broad SMARTS) is 1. The number of nitrogens with zero attached hydrogens (tertiary/aromatic N) is 1. The zero-order chi connectivity index (χ0) is 8.27. The van der Waals surface area contributed by atoms with Crippen molar-refractivity contribution in [1.29, 1.82) is 0 Å². The highest BCUT2D eigenvalue weighted by Gasteiger charge is 2.02. The van der Waals surface area contributed by atoms with E-state index < -0.39 is 5.97 Å². The van der Waals surface area contributed by atoms with Crippen LogP contribution in [0.1, 0.15) is 15.9 Å². The van der Waals surface area contributed by atoms with Gasteiger partial charge in [-0.15, -0.1) is 0 Å². The van der Waals surface area contributed by atoms with Gasteiger partial charge < -0.3 is 5.11 Å². The van der Waals surface area contributed by atoms with Crippen LogP contribution in [0.2, 0.25) is 0 Å². The molecule has 0 aromatic carbocycles. The Bertz CT molecular complexity index is 275. The van der Waals surface area contributed by atoms with Crippen molar-refractivity contribution in [2.45, 2.75) is 5.33 Å². The molecule has 0 unspecified atom stereocenters. The lowest BCUT2D eigenvalue weighted by Gasteiger charge is -1.95. The Morgan fingerprint density at radius 3 is 2.91 bits per heavy atom. The fraction of sp³-hybridized carbons (Fsp3) is 0.143. The Hall–Kier alpha value is -0.900. The molecule has 0 radical (unpaired) electrons. The van der Waals surface area contributed by atoms with E-state index in [1.807, 2.05) is 0 Å². The molecule has 0 saturated heterocycles. The number of alkyl halides is 1. The van der Waals surface area contributed by atoms with Crippen LogP contribution in [0, 0.1) is 0 Å².